The number of nitrogens with zero attached hydrogens (tertiary/aromatic N) is 5. The maximum Gasteiger partial charge on any atom is 0.236 e. The molecule has 7 heteroatoms. The van der Waals surface area contributed by atoms with Crippen molar-refractivity contribution in [1.82, 2.24) is 24.8 Å². The molecule has 1 amide bonds. The van der Waals surface area contributed by atoms with Gasteiger partial charge in [0.15, 0.2) is 5.82 Å². The Morgan fingerprint density at radius 1 is 1.35 bits per heavy atom. The topological polar surface area (TPSA) is 71.5 Å². The van der Waals surface area contributed by atoms with Gasteiger partial charge in [0.05, 0.1) is 19.7 Å². The third-order valence-corrected chi connectivity index (χ3v) is 4.29. The summed E-state index contributed by atoms with van der Waals surface area (Å²) in [5.74, 6) is 0.748. The molecule has 138 valence electrons. The summed E-state index contributed by atoms with van der Waals surface area (Å²) in [7, 11) is 1.94. The molecule has 0 bridgehead atoms. The van der Waals surface area contributed by atoms with Crippen molar-refractivity contribution in [2.75, 3.05) is 33.3 Å². The number of aromatic nitrogens is 3. The number of ether oxygens (including phenoxy) is 1. The normalized spacial score (nSPS) is 17.5. The van der Waals surface area contributed by atoms with Crippen LogP contribution in [0.15, 0.2) is 30.6 Å². The van der Waals surface area contributed by atoms with E-state index in [0.717, 1.165) is 17.0 Å². The maximum atomic E-state index is 12.7. The number of carbonyl (C=O) groups is 1. The quantitative estimate of drug-likeness (QED) is 0.810. The van der Waals surface area contributed by atoms with Gasteiger partial charge in [-0.2, -0.15) is 0 Å². The van der Waals surface area contributed by atoms with Crippen molar-refractivity contribution < 1.29 is 9.53 Å². The highest BCUT2D eigenvalue weighted by Crippen LogP contribution is 2.20. The van der Waals surface area contributed by atoms with E-state index in [2.05, 4.69) is 15.0 Å². The Morgan fingerprint density at radius 2 is 2.12 bits per heavy atom. The molecule has 0 radical (unpaired) electrons. The van der Waals surface area contributed by atoms with Crippen LogP contribution in [-0.2, 0) is 16.1 Å². The van der Waals surface area contributed by atoms with Crippen LogP contribution in [0.5, 0.6) is 0 Å². The van der Waals surface area contributed by atoms with Gasteiger partial charge in [0.25, 0.3) is 0 Å². The molecule has 0 N–H and O–H groups in total. The van der Waals surface area contributed by atoms with E-state index in [1.54, 1.807) is 6.20 Å². The molecule has 0 aromatic carbocycles. The third-order valence-electron chi connectivity index (χ3n) is 4.29. The molecule has 0 saturated carbocycles. The summed E-state index contributed by atoms with van der Waals surface area (Å²) in [4.78, 5) is 29.6. The number of morpholine rings is 1. The fourth-order valence-corrected chi connectivity index (χ4v) is 3.12. The highest BCUT2D eigenvalue weighted by atomic mass is 16.5. The number of carbonyl (C=O) groups excluding carboxylic acids is 1. The Morgan fingerprint density at radius 3 is 2.81 bits per heavy atom. The Kier molecular flexibility index (Phi) is 5.90. The molecule has 26 heavy (non-hydrogen) atoms. The second-order valence-electron chi connectivity index (χ2n) is 6.74. The number of hydrogen-bond donors (Lipinski definition) is 0. The average Bonchev–Trinajstić information content (AvgIpc) is 2.61. The zero-order valence-corrected chi connectivity index (χ0v) is 15.6. The van der Waals surface area contributed by atoms with Gasteiger partial charge in [-0.1, -0.05) is 6.07 Å². The van der Waals surface area contributed by atoms with Crippen LogP contribution in [0.3, 0.4) is 0 Å². The zero-order valence-electron chi connectivity index (χ0n) is 15.6. The molecule has 0 aliphatic carbocycles. The molecule has 0 spiro atoms. The Labute approximate surface area is 154 Å². The lowest BCUT2D eigenvalue weighted by Crippen LogP contribution is -2.46. The van der Waals surface area contributed by atoms with Crippen molar-refractivity contribution in [3.05, 3.63) is 53.4 Å². The molecule has 1 saturated heterocycles. The number of hydrogen-bond acceptors (Lipinski definition) is 6. The van der Waals surface area contributed by atoms with Crippen LogP contribution in [0.4, 0.5) is 0 Å². The standard InChI is InChI=1S/C19H25N5O2/c1-14-9-15(2)22-19(21-14)17-12-24(7-8-26-17)18(25)13-23(3)11-16-5-4-6-20-10-16/h4-6,9-10,17H,7-8,11-13H2,1-3H3/t17-/m1/s1. The van der Waals surface area contributed by atoms with Crippen molar-refractivity contribution in [1.29, 1.82) is 0 Å². The smallest absolute Gasteiger partial charge is 0.236 e. The van der Waals surface area contributed by atoms with Crippen LogP contribution in [-0.4, -0.2) is 63.9 Å². The molecule has 0 unspecified atom stereocenters. The molecule has 3 rings (SSSR count). The minimum Gasteiger partial charge on any atom is -0.367 e. The van der Waals surface area contributed by atoms with Gasteiger partial charge < -0.3 is 9.64 Å². The van der Waals surface area contributed by atoms with Gasteiger partial charge in [0.1, 0.15) is 6.10 Å². The number of aryl methyl sites for hydroxylation is 2. The van der Waals surface area contributed by atoms with E-state index < -0.39 is 0 Å². The number of likely N-dealkylation sites (N-methyl/N-ethyl adjacent to an activating group) is 1. The third kappa shape index (κ3) is 4.83. The Balaban J connectivity index is 1.59. The van der Waals surface area contributed by atoms with Crippen LogP contribution in [0.2, 0.25) is 0 Å². The summed E-state index contributed by atoms with van der Waals surface area (Å²) < 4.78 is 5.81. The number of amides is 1. The molecule has 1 aliphatic rings. The van der Waals surface area contributed by atoms with Crippen LogP contribution >= 0.6 is 0 Å². The van der Waals surface area contributed by atoms with E-state index in [1.165, 1.54) is 0 Å². The van der Waals surface area contributed by atoms with Gasteiger partial charge in [0.2, 0.25) is 5.91 Å². The van der Waals surface area contributed by atoms with E-state index in [1.807, 2.05) is 55.1 Å². The predicted molar refractivity (Wildman–Crippen MR) is 97.4 cm³/mol. The van der Waals surface area contributed by atoms with Gasteiger partial charge in [-0.05, 0) is 38.6 Å². The molecule has 2 aromatic heterocycles. The summed E-state index contributed by atoms with van der Waals surface area (Å²) in [6, 6.07) is 5.85. The van der Waals surface area contributed by atoms with Crippen LogP contribution in [0, 0.1) is 13.8 Å². The van der Waals surface area contributed by atoms with Crippen LogP contribution in [0.25, 0.3) is 0 Å². The zero-order chi connectivity index (χ0) is 18.5. The van der Waals surface area contributed by atoms with E-state index >= 15 is 0 Å². The average molecular weight is 355 g/mol. The fourth-order valence-electron chi connectivity index (χ4n) is 3.12. The minimum absolute atomic E-state index is 0.0917. The van der Waals surface area contributed by atoms with Crippen LogP contribution in [0.1, 0.15) is 28.9 Å². The number of rotatable bonds is 5. The van der Waals surface area contributed by atoms with Gasteiger partial charge in [0, 0.05) is 36.9 Å². The summed E-state index contributed by atoms with van der Waals surface area (Å²) in [6.07, 6.45) is 3.30. The summed E-state index contributed by atoms with van der Waals surface area (Å²) >= 11 is 0. The van der Waals surface area contributed by atoms with Crippen molar-refractivity contribution in [2.24, 2.45) is 0 Å². The monoisotopic (exact) mass is 355 g/mol. The number of pyridine rings is 1. The second-order valence-corrected chi connectivity index (χ2v) is 6.74. The van der Waals surface area contributed by atoms with Crippen molar-refractivity contribution in [3.8, 4) is 0 Å². The molecular weight excluding hydrogens is 330 g/mol. The molecule has 1 aliphatic heterocycles. The lowest BCUT2D eigenvalue weighted by Gasteiger charge is -2.33. The van der Waals surface area contributed by atoms with E-state index in [9.17, 15) is 4.79 Å². The Bertz CT molecular complexity index is 733. The molecule has 1 fully saturated rings. The SMILES string of the molecule is Cc1cc(C)nc([C@H]2CN(C(=O)CN(C)Cc3cccnc3)CCO2)n1. The van der Waals surface area contributed by atoms with Gasteiger partial charge in [-0.3, -0.25) is 14.7 Å². The highest BCUT2D eigenvalue weighted by molar-refractivity contribution is 5.78. The lowest BCUT2D eigenvalue weighted by molar-refractivity contribution is -0.140. The van der Waals surface area contributed by atoms with Gasteiger partial charge in [-0.25, -0.2) is 9.97 Å². The lowest BCUT2D eigenvalue weighted by atomic mass is 10.2. The summed E-state index contributed by atoms with van der Waals surface area (Å²) in [5.41, 5.74) is 2.91. The van der Waals surface area contributed by atoms with Gasteiger partial charge >= 0.3 is 0 Å². The minimum atomic E-state index is -0.269. The molecule has 7 nitrogen and oxygen atoms in total. The summed E-state index contributed by atoms with van der Waals surface area (Å²) in [5, 5.41) is 0. The molecular formula is C19H25N5O2. The van der Waals surface area contributed by atoms with Crippen molar-refractivity contribution >= 4 is 5.91 Å². The highest BCUT2D eigenvalue weighted by Gasteiger charge is 2.27. The summed E-state index contributed by atoms with van der Waals surface area (Å²) in [6.45, 7) is 6.51. The molecule has 3 heterocycles. The first-order chi connectivity index (χ1) is 12.5. The first-order valence-electron chi connectivity index (χ1n) is 8.80. The second kappa shape index (κ2) is 8.33. The first kappa shape index (κ1) is 18.4. The van der Waals surface area contributed by atoms with E-state index in [0.29, 0.717) is 38.6 Å². The van der Waals surface area contributed by atoms with E-state index in [-0.39, 0.29) is 12.0 Å². The molecule has 1 atom stereocenters. The largest absolute Gasteiger partial charge is 0.367 e. The maximum absolute atomic E-state index is 12.7. The van der Waals surface area contributed by atoms with Crippen molar-refractivity contribution in [2.45, 2.75) is 26.5 Å². The van der Waals surface area contributed by atoms with Crippen LogP contribution < -0.4 is 0 Å². The molecule has 2 aromatic rings. The van der Waals surface area contributed by atoms with Crippen molar-refractivity contribution in [3.63, 3.8) is 0 Å². The Hall–Kier alpha value is -2.38. The van der Waals surface area contributed by atoms with E-state index in [4.69, 9.17) is 4.74 Å². The predicted octanol–water partition coefficient (Wildman–Crippen LogP) is 1.52. The first-order valence-corrected chi connectivity index (χ1v) is 8.80. The fraction of sp³-hybridized carbons (Fsp3) is 0.474. The van der Waals surface area contributed by atoms with Gasteiger partial charge in [-0.15, -0.1) is 0 Å².